The molecule has 1 aromatic heterocycles. The van der Waals surface area contributed by atoms with Gasteiger partial charge >= 0.3 is 0 Å². The number of rotatable bonds is 3. The molecule has 0 aliphatic rings. The number of aryl methyl sites for hydroxylation is 4. The van der Waals surface area contributed by atoms with Crippen LogP contribution in [-0.4, -0.2) is 10.5 Å². The van der Waals surface area contributed by atoms with Crippen LogP contribution in [0, 0.1) is 20.8 Å². The minimum Gasteiger partial charge on any atom is -0.350 e. The first-order valence-electron chi connectivity index (χ1n) is 8.76. The van der Waals surface area contributed by atoms with Gasteiger partial charge in [0.2, 0.25) is 5.43 Å². The van der Waals surface area contributed by atoms with Crippen molar-refractivity contribution in [1.29, 1.82) is 0 Å². The molecule has 4 nitrogen and oxygen atoms in total. The van der Waals surface area contributed by atoms with Gasteiger partial charge in [-0.2, -0.15) is 0 Å². The second-order valence-corrected chi connectivity index (χ2v) is 6.99. The van der Waals surface area contributed by atoms with E-state index in [1.54, 1.807) is 12.3 Å². The monoisotopic (exact) mass is 348 g/mol. The molecule has 134 valence electrons. The Hall–Kier alpha value is -2.88. The van der Waals surface area contributed by atoms with Gasteiger partial charge in [-0.15, -0.1) is 0 Å². The van der Waals surface area contributed by atoms with Crippen LogP contribution in [0.4, 0.5) is 0 Å². The lowest BCUT2D eigenvalue weighted by Gasteiger charge is -2.19. The van der Waals surface area contributed by atoms with Crippen LogP contribution in [0.25, 0.3) is 10.9 Å². The standard InChI is InChI=1S/C22H24N2O2/c1-13-10-15(3)18(11-14(13)2)16(4)23-22(26)19-12-24(5)20-9-7-6-8-17(20)21(19)25/h6-12,16H,1-5H3,(H,23,26)/t16-/m1/s1. The first kappa shape index (κ1) is 17.9. The number of hydrogen-bond donors (Lipinski definition) is 1. The molecule has 3 aromatic rings. The van der Waals surface area contributed by atoms with Crippen LogP contribution in [0.1, 0.15) is 45.6 Å². The molecule has 0 aliphatic carbocycles. The Kier molecular flexibility index (Phi) is 4.68. The van der Waals surface area contributed by atoms with Crippen molar-refractivity contribution < 1.29 is 4.79 Å². The van der Waals surface area contributed by atoms with E-state index in [4.69, 9.17) is 0 Å². The van der Waals surface area contributed by atoms with Gasteiger partial charge in [-0.1, -0.05) is 24.3 Å². The molecule has 0 bridgehead atoms. The van der Waals surface area contributed by atoms with E-state index in [0.29, 0.717) is 5.39 Å². The van der Waals surface area contributed by atoms with Gasteiger partial charge in [0.1, 0.15) is 5.56 Å². The molecular formula is C22H24N2O2. The minimum absolute atomic E-state index is 0.166. The molecule has 0 unspecified atom stereocenters. The predicted molar refractivity (Wildman–Crippen MR) is 106 cm³/mol. The van der Waals surface area contributed by atoms with Crippen molar-refractivity contribution in [3.8, 4) is 0 Å². The molecule has 0 saturated carbocycles. The highest BCUT2D eigenvalue weighted by Gasteiger charge is 2.18. The largest absolute Gasteiger partial charge is 0.350 e. The number of amides is 1. The molecule has 2 aromatic carbocycles. The lowest BCUT2D eigenvalue weighted by molar-refractivity contribution is 0.0938. The third kappa shape index (κ3) is 3.15. The lowest BCUT2D eigenvalue weighted by atomic mass is 9.96. The molecule has 3 rings (SSSR count). The van der Waals surface area contributed by atoms with E-state index in [1.165, 1.54) is 11.1 Å². The van der Waals surface area contributed by atoms with Gasteiger partial charge in [0, 0.05) is 18.6 Å². The van der Waals surface area contributed by atoms with Crippen molar-refractivity contribution in [1.82, 2.24) is 9.88 Å². The Morgan fingerprint density at radius 1 is 1.04 bits per heavy atom. The first-order valence-corrected chi connectivity index (χ1v) is 8.76. The summed E-state index contributed by atoms with van der Waals surface area (Å²) in [6, 6.07) is 11.4. The molecule has 1 heterocycles. The fourth-order valence-electron chi connectivity index (χ4n) is 3.40. The van der Waals surface area contributed by atoms with Crippen molar-refractivity contribution in [3.63, 3.8) is 0 Å². The second-order valence-electron chi connectivity index (χ2n) is 6.99. The number of nitrogens with one attached hydrogen (secondary N) is 1. The van der Waals surface area contributed by atoms with Crippen molar-refractivity contribution in [2.45, 2.75) is 33.7 Å². The number of carbonyl (C=O) groups is 1. The fraction of sp³-hybridized carbons (Fsp3) is 0.273. The van der Waals surface area contributed by atoms with Crippen molar-refractivity contribution in [2.24, 2.45) is 7.05 Å². The quantitative estimate of drug-likeness (QED) is 0.779. The van der Waals surface area contributed by atoms with Crippen LogP contribution >= 0.6 is 0 Å². The average molecular weight is 348 g/mol. The zero-order chi connectivity index (χ0) is 19.0. The van der Waals surface area contributed by atoms with Gasteiger partial charge in [-0.25, -0.2) is 0 Å². The van der Waals surface area contributed by atoms with Crippen LogP contribution in [0.2, 0.25) is 0 Å². The Balaban J connectivity index is 1.96. The number of para-hydroxylation sites is 1. The number of hydrogen-bond acceptors (Lipinski definition) is 2. The highest BCUT2D eigenvalue weighted by molar-refractivity contribution is 5.97. The topological polar surface area (TPSA) is 51.1 Å². The van der Waals surface area contributed by atoms with Crippen LogP contribution in [-0.2, 0) is 7.05 Å². The van der Waals surface area contributed by atoms with Gasteiger partial charge in [0.25, 0.3) is 5.91 Å². The molecule has 0 spiro atoms. The maximum absolute atomic E-state index is 12.8. The molecular weight excluding hydrogens is 324 g/mol. The van der Waals surface area contributed by atoms with E-state index in [2.05, 4.69) is 31.3 Å². The number of nitrogens with zero attached hydrogens (tertiary/aromatic N) is 1. The highest BCUT2D eigenvalue weighted by atomic mass is 16.2. The summed E-state index contributed by atoms with van der Waals surface area (Å²) < 4.78 is 1.82. The summed E-state index contributed by atoms with van der Waals surface area (Å²) in [7, 11) is 1.84. The molecule has 0 aliphatic heterocycles. The molecule has 1 amide bonds. The van der Waals surface area contributed by atoms with Crippen molar-refractivity contribution in [3.05, 3.63) is 80.6 Å². The summed E-state index contributed by atoms with van der Waals surface area (Å²) in [4.78, 5) is 25.5. The van der Waals surface area contributed by atoms with Crippen molar-refractivity contribution >= 4 is 16.8 Å². The number of benzene rings is 2. The van der Waals surface area contributed by atoms with Crippen LogP contribution in [0.5, 0.6) is 0 Å². The Morgan fingerprint density at radius 3 is 2.42 bits per heavy atom. The number of aromatic nitrogens is 1. The molecule has 0 saturated heterocycles. The SMILES string of the molecule is Cc1cc(C)c([C@@H](C)NC(=O)c2cn(C)c3ccccc3c2=O)cc1C. The molecule has 1 N–H and O–H groups in total. The number of pyridine rings is 1. The third-order valence-electron chi connectivity index (χ3n) is 5.04. The lowest BCUT2D eigenvalue weighted by Crippen LogP contribution is -2.32. The van der Waals surface area contributed by atoms with E-state index in [-0.39, 0.29) is 22.9 Å². The van der Waals surface area contributed by atoms with Gasteiger partial charge in [0.05, 0.1) is 11.6 Å². The van der Waals surface area contributed by atoms with Crippen molar-refractivity contribution in [2.75, 3.05) is 0 Å². The van der Waals surface area contributed by atoms with E-state index in [0.717, 1.165) is 16.6 Å². The smallest absolute Gasteiger partial charge is 0.257 e. The van der Waals surface area contributed by atoms with Crippen LogP contribution in [0.3, 0.4) is 0 Å². The second kappa shape index (κ2) is 6.79. The fourth-order valence-corrected chi connectivity index (χ4v) is 3.40. The van der Waals surface area contributed by atoms with Crippen LogP contribution in [0.15, 0.2) is 47.4 Å². The van der Waals surface area contributed by atoms with E-state index in [1.807, 2.05) is 43.7 Å². The minimum atomic E-state index is -0.346. The third-order valence-corrected chi connectivity index (χ3v) is 5.04. The molecule has 0 radical (unpaired) electrons. The van der Waals surface area contributed by atoms with Gasteiger partial charge in [-0.3, -0.25) is 9.59 Å². The normalized spacial score (nSPS) is 12.2. The van der Waals surface area contributed by atoms with Crippen LogP contribution < -0.4 is 10.7 Å². The first-order chi connectivity index (χ1) is 12.3. The summed E-state index contributed by atoms with van der Waals surface area (Å²) >= 11 is 0. The van der Waals surface area contributed by atoms with Gasteiger partial charge in [0.15, 0.2) is 0 Å². The maximum Gasteiger partial charge on any atom is 0.257 e. The molecule has 26 heavy (non-hydrogen) atoms. The number of fused-ring (bicyclic) bond motifs is 1. The zero-order valence-electron chi connectivity index (χ0n) is 15.9. The molecule has 1 atom stereocenters. The molecule has 4 heteroatoms. The highest BCUT2D eigenvalue weighted by Crippen LogP contribution is 2.22. The summed E-state index contributed by atoms with van der Waals surface area (Å²) in [5.74, 6) is -0.346. The maximum atomic E-state index is 12.8. The summed E-state index contributed by atoms with van der Waals surface area (Å²) in [6.45, 7) is 8.13. The van der Waals surface area contributed by atoms with E-state index >= 15 is 0 Å². The van der Waals surface area contributed by atoms with E-state index < -0.39 is 0 Å². The van der Waals surface area contributed by atoms with Gasteiger partial charge in [-0.05, 0) is 62.1 Å². The zero-order valence-corrected chi connectivity index (χ0v) is 15.9. The number of carbonyl (C=O) groups excluding carboxylic acids is 1. The summed E-state index contributed by atoms with van der Waals surface area (Å²) in [6.07, 6.45) is 1.61. The Labute approximate surface area is 153 Å². The van der Waals surface area contributed by atoms with E-state index in [9.17, 15) is 9.59 Å². The summed E-state index contributed by atoms with van der Waals surface area (Å²) in [5.41, 5.74) is 5.36. The Bertz CT molecular complexity index is 1060. The average Bonchev–Trinajstić information content (AvgIpc) is 2.61. The predicted octanol–water partition coefficient (Wildman–Crippen LogP) is 3.95. The van der Waals surface area contributed by atoms with Gasteiger partial charge < -0.3 is 9.88 Å². The summed E-state index contributed by atoms with van der Waals surface area (Å²) in [5, 5.41) is 3.53. The molecule has 0 fully saturated rings. The Morgan fingerprint density at radius 2 is 1.69 bits per heavy atom.